The second kappa shape index (κ2) is 5.17. The van der Waals surface area contributed by atoms with E-state index in [0.29, 0.717) is 12.2 Å². The van der Waals surface area contributed by atoms with Crippen LogP contribution in [-0.2, 0) is 13.1 Å². The highest BCUT2D eigenvalue weighted by atomic mass is 32.1. The molecule has 3 heterocycles. The van der Waals surface area contributed by atoms with Crippen molar-refractivity contribution in [2.75, 3.05) is 0 Å². The van der Waals surface area contributed by atoms with E-state index >= 15 is 0 Å². The third-order valence-electron chi connectivity index (χ3n) is 3.29. The van der Waals surface area contributed by atoms with Crippen LogP contribution in [0.5, 0.6) is 0 Å². The quantitative estimate of drug-likeness (QED) is 0.798. The molecule has 5 heteroatoms. The molecule has 0 spiro atoms. The third-order valence-corrected chi connectivity index (χ3v) is 4.14. The lowest BCUT2D eigenvalue weighted by Crippen LogP contribution is -2.25. The number of hydrogen-bond donors (Lipinski definition) is 1. The highest BCUT2D eigenvalue weighted by Crippen LogP contribution is 2.25. The Morgan fingerprint density at radius 3 is 2.95 bits per heavy atom. The highest BCUT2D eigenvalue weighted by Gasteiger charge is 2.15. The average molecular weight is 288 g/mol. The van der Waals surface area contributed by atoms with E-state index in [2.05, 4.69) is 11.4 Å². The summed E-state index contributed by atoms with van der Waals surface area (Å²) >= 11 is 1.65. The van der Waals surface area contributed by atoms with Gasteiger partial charge in [0.1, 0.15) is 17.2 Å². The van der Waals surface area contributed by atoms with Crippen LogP contribution in [0.4, 0.5) is 0 Å². The lowest BCUT2D eigenvalue weighted by Gasteiger charge is -2.07. The summed E-state index contributed by atoms with van der Waals surface area (Å²) in [4.78, 5) is 12.3. The van der Waals surface area contributed by atoms with Gasteiger partial charge in [-0.05, 0) is 43.5 Å². The Labute approximate surface area is 121 Å². The zero-order chi connectivity index (χ0) is 14.1. The van der Waals surface area contributed by atoms with Gasteiger partial charge in [0.25, 0.3) is 5.91 Å². The van der Waals surface area contributed by atoms with E-state index in [-0.39, 0.29) is 5.91 Å². The van der Waals surface area contributed by atoms with Crippen molar-refractivity contribution >= 4 is 27.5 Å². The number of nitrogens with zero attached hydrogens (tertiary/aromatic N) is 1. The van der Waals surface area contributed by atoms with Gasteiger partial charge >= 0.3 is 0 Å². The van der Waals surface area contributed by atoms with E-state index < -0.39 is 0 Å². The van der Waals surface area contributed by atoms with Crippen molar-refractivity contribution in [3.63, 3.8) is 0 Å². The molecule has 0 atom stereocenters. The van der Waals surface area contributed by atoms with Crippen LogP contribution < -0.4 is 5.32 Å². The summed E-state index contributed by atoms with van der Waals surface area (Å²) in [6.45, 7) is 5.13. The van der Waals surface area contributed by atoms with Gasteiger partial charge in [-0.25, -0.2) is 0 Å². The largest absolute Gasteiger partial charge is 0.465 e. The maximum atomic E-state index is 12.3. The molecule has 3 aromatic rings. The molecule has 0 aliphatic rings. The van der Waals surface area contributed by atoms with Gasteiger partial charge in [-0.2, -0.15) is 0 Å². The van der Waals surface area contributed by atoms with E-state index in [1.807, 2.05) is 42.0 Å². The van der Waals surface area contributed by atoms with Crippen molar-refractivity contribution in [2.45, 2.75) is 26.9 Å². The minimum Gasteiger partial charge on any atom is -0.465 e. The first-order valence-corrected chi connectivity index (χ1v) is 7.47. The SMILES string of the molecule is CCn1c(C(=O)NCc2ccc(C)o2)cc2sccc21. The van der Waals surface area contributed by atoms with Crippen molar-refractivity contribution in [1.82, 2.24) is 9.88 Å². The van der Waals surface area contributed by atoms with Gasteiger partial charge in [0.15, 0.2) is 0 Å². The number of carbonyl (C=O) groups is 1. The van der Waals surface area contributed by atoms with Crippen LogP contribution in [0.2, 0.25) is 0 Å². The molecule has 0 fully saturated rings. The summed E-state index contributed by atoms with van der Waals surface area (Å²) < 4.78 is 8.63. The topological polar surface area (TPSA) is 47.2 Å². The number of aromatic nitrogens is 1. The number of carbonyl (C=O) groups excluding carboxylic acids is 1. The van der Waals surface area contributed by atoms with Gasteiger partial charge in [-0.3, -0.25) is 4.79 Å². The lowest BCUT2D eigenvalue weighted by molar-refractivity contribution is 0.0939. The van der Waals surface area contributed by atoms with Crippen molar-refractivity contribution in [3.05, 3.63) is 46.9 Å². The van der Waals surface area contributed by atoms with E-state index in [1.54, 1.807) is 11.3 Å². The first-order chi connectivity index (χ1) is 9.69. The number of thiophene rings is 1. The highest BCUT2D eigenvalue weighted by molar-refractivity contribution is 7.17. The van der Waals surface area contributed by atoms with E-state index in [1.165, 1.54) is 0 Å². The Kier molecular flexibility index (Phi) is 3.36. The maximum Gasteiger partial charge on any atom is 0.268 e. The molecule has 20 heavy (non-hydrogen) atoms. The van der Waals surface area contributed by atoms with Gasteiger partial charge in [-0.15, -0.1) is 11.3 Å². The summed E-state index contributed by atoms with van der Waals surface area (Å²) in [7, 11) is 0. The summed E-state index contributed by atoms with van der Waals surface area (Å²) in [5.74, 6) is 1.56. The molecule has 0 saturated carbocycles. The average Bonchev–Trinajstić information content (AvgIpc) is 3.10. The monoisotopic (exact) mass is 288 g/mol. The Balaban J connectivity index is 1.79. The van der Waals surface area contributed by atoms with Crippen LogP contribution in [0.1, 0.15) is 28.9 Å². The molecule has 1 N–H and O–H groups in total. The molecule has 4 nitrogen and oxygen atoms in total. The van der Waals surface area contributed by atoms with Gasteiger partial charge in [0.05, 0.1) is 16.8 Å². The number of hydrogen-bond acceptors (Lipinski definition) is 3. The van der Waals surface area contributed by atoms with Crippen LogP contribution in [0, 0.1) is 6.92 Å². The minimum atomic E-state index is -0.0655. The molecule has 0 aliphatic carbocycles. The predicted octanol–water partition coefficient (Wildman–Crippen LogP) is 3.55. The van der Waals surface area contributed by atoms with E-state index in [4.69, 9.17) is 4.42 Å². The number of amides is 1. The Morgan fingerprint density at radius 1 is 1.40 bits per heavy atom. The Bertz CT molecular complexity index is 751. The smallest absolute Gasteiger partial charge is 0.268 e. The van der Waals surface area contributed by atoms with Gasteiger partial charge in [0.2, 0.25) is 0 Å². The first kappa shape index (κ1) is 13.0. The van der Waals surface area contributed by atoms with Gasteiger partial charge in [-0.1, -0.05) is 0 Å². The summed E-state index contributed by atoms with van der Waals surface area (Å²) in [5.41, 5.74) is 1.83. The number of rotatable bonds is 4. The normalized spacial score (nSPS) is 11.1. The lowest BCUT2D eigenvalue weighted by atomic mass is 10.3. The van der Waals surface area contributed by atoms with E-state index in [9.17, 15) is 4.79 Å². The van der Waals surface area contributed by atoms with Crippen molar-refractivity contribution in [2.24, 2.45) is 0 Å². The zero-order valence-electron chi connectivity index (χ0n) is 11.5. The summed E-state index contributed by atoms with van der Waals surface area (Å²) in [5, 5.41) is 4.95. The van der Waals surface area contributed by atoms with E-state index in [0.717, 1.165) is 28.3 Å². The molecule has 104 valence electrons. The van der Waals surface area contributed by atoms with Crippen LogP contribution >= 0.6 is 11.3 Å². The molecule has 0 aromatic carbocycles. The zero-order valence-corrected chi connectivity index (χ0v) is 12.3. The predicted molar refractivity (Wildman–Crippen MR) is 80.1 cm³/mol. The van der Waals surface area contributed by atoms with Crippen LogP contribution in [0.3, 0.4) is 0 Å². The Hall–Kier alpha value is -2.01. The van der Waals surface area contributed by atoms with Crippen LogP contribution in [0.25, 0.3) is 10.2 Å². The molecular weight excluding hydrogens is 272 g/mol. The molecule has 0 bridgehead atoms. The first-order valence-electron chi connectivity index (χ1n) is 6.59. The van der Waals surface area contributed by atoms with Gasteiger partial charge < -0.3 is 14.3 Å². The standard InChI is InChI=1S/C15H16N2O2S/c1-3-17-12-6-7-20-14(12)8-13(17)15(18)16-9-11-5-4-10(2)19-11/h4-8H,3,9H2,1-2H3,(H,16,18). The number of fused-ring (bicyclic) bond motifs is 1. The molecule has 0 unspecified atom stereocenters. The fourth-order valence-corrected chi connectivity index (χ4v) is 3.17. The van der Waals surface area contributed by atoms with Crippen molar-refractivity contribution < 1.29 is 9.21 Å². The second-order valence-electron chi connectivity index (χ2n) is 4.64. The number of aryl methyl sites for hydroxylation is 2. The van der Waals surface area contributed by atoms with Crippen LogP contribution in [0.15, 0.2) is 34.1 Å². The molecule has 1 amide bonds. The molecule has 3 aromatic heterocycles. The second-order valence-corrected chi connectivity index (χ2v) is 5.59. The fraction of sp³-hybridized carbons (Fsp3) is 0.267. The van der Waals surface area contributed by atoms with Gasteiger partial charge in [0, 0.05) is 6.54 Å². The minimum absolute atomic E-state index is 0.0655. The fourth-order valence-electron chi connectivity index (χ4n) is 2.34. The van der Waals surface area contributed by atoms with Crippen LogP contribution in [-0.4, -0.2) is 10.5 Å². The molecular formula is C15H16N2O2S. The summed E-state index contributed by atoms with van der Waals surface area (Å²) in [6.07, 6.45) is 0. The maximum absolute atomic E-state index is 12.3. The molecule has 0 aliphatic heterocycles. The Morgan fingerprint density at radius 2 is 2.25 bits per heavy atom. The summed E-state index contributed by atoms with van der Waals surface area (Å²) in [6, 6.07) is 7.78. The molecule has 3 rings (SSSR count). The molecule has 0 saturated heterocycles. The third kappa shape index (κ3) is 2.25. The molecule has 0 radical (unpaired) electrons. The van der Waals surface area contributed by atoms with Crippen molar-refractivity contribution in [3.8, 4) is 0 Å². The number of furan rings is 1. The van der Waals surface area contributed by atoms with Crippen molar-refractivity contribution in [1.29, 1.82) is 0 Å². The number of nitrogens with one attached hydrogen (secondary N) is 1.